The van der Waals surface area contributed by atoms with Crippen molar-refractivity contribution in [3.8, 4) is 23.0 Å². The molecule has 14 nitrogen and oxygen atoms in total. The zero-order chi connectivity index (χ0) is 53.6. The number of fused-ring (bicyclic) bond motifs is 2. The van der Waals surface area contributed by atoms with Gasteiger partial charge in [-0.25, -0.2) is 9.59 Å². The summed E-state index contributed by atoms with van der Waals surface area (Å²) in [7, 11) is 0. The molecule has 4 N–H and O–H groups in total. The van der Waals surface area contributed by atoms with Crippen molar-refractivity contribution >= 4 is 126 Å². The van der Waals surface area contributed by atoms with Crippen molar-refractivity contribution in [1.29, 1.82) is 0 Å². The number of hydrogen-bond acceptors (Lipinski definition) is 12. The van der Waals surface area contributed by atoms with E-state index in [1.807, 2.05) is 13.8 Å². The Morgan fingerprint density at radius 1 is 0.461 bits per heavy atom. The number of anilines is 2. The number of nitrogens with zero attached hydrogens (tertiary/aromatic N) is 4. The van der Waals surface area contributed by atoms with Crippen molar-refractivity contribution in [1.82, 2.24) is 0 Å². The second kappa shape index (κ2) is 22.8. The van der Waals surface area contributed by atoms with Crippen LogP contribution >= 0.6 is 46.4 Å². The summed E-state index contributed by atoms with van der Waals surface area (Å²) in [6.07, 6.45) is 1.08. The average Bonchev–Trinajstić information content (AvgIpc) is 3.43. The number of rotatable bonds is 14. The Kier molecular flexibility index (Phi) is 15.7. The third-order valence-corrected chi connectivity index (χ3v) is 13.5. The number of nitrogens with one attached hydrogen (secondary N) is 2. The van der Waals surface area contributed by atoms with Gasteiger partial charge in [0.1, 0.15) is 22.9 Å². The Labute approximate surface area is 454 Å². The minimum atomic E-state index is -0.672. The number of esters is 2. The van der Waals surface area contributed by atoms with Crippen molar-refractivity contribution in [2.75, 3.05) is 10.6 Å². The summed E-state index contributed by atoms with van der Waals surface area (Å²) in [5.74, 6) is -3.16. The van der Waals surface area contributed by atoms with Crippen LogP contribution in [0.25, 0.3) is 21.5 Å². The molecule has 0 heterocycles. The van der Waals surface area contributed by atoms with E-state index in [-0.39, 0.29) is 55.2 Å². The van der Waals surface area contributed by atoms with Crippen LogP contribution < -0.4 is 20.1 Å². The average molecular weight is 1090 g/mol. The number of benzene rings is 9. The normalized spacial score (nSPS) is 11.3. The molecule has 0 aliphatic carbocycles. The number of halogens is 4. The zero-order valence-electron chi connectivity index (χ0n) is 40.1. The Morgan fingerprint density at radius 2 is 0.855 bits per heavy atom. The van der Waals surface area contributed by atoms with Gasteiger partial charge in [0.05, 0.1) is 53.7 Å². The number of carbonyl (C=O) groups excluding carboxylic acids is 4. The molecule has 2 amide bonds. The van der Waals surface area contributed by atoms with E-state index in [1.54, 1.807) is 97.1 Å². The van der Waals surface area contributed by atoms with Gasteiger partial charge in [0.2, 0.25) is 0 Å². The van der Waals surface area contributed by atoms with Crippen molar-refractivity contribution < 1.29 is 38.9 Å². The molecule has 0 aromatic heterocycles. The topological polar surface area (TPSA) is 201 Å². The Hall–Kier alpha value is -8.66. The van der Waals surface area contributed by atoms with Crippen LogP contribution in [0.4, 0.5) is 34.1 Å². The summed E-state index contributed by atoms with van der Waals surface area (Å²) in [6.45, 7) is 3.83. The van der Waals surface area contributed by atoms with Crippen LogP contribution in [0.15, 0.2) is 178 Å². The van der Waals surface area contributed by atoms with E-state index in [0.29, 0.717) is 67.2 Å². The summed E-state index contributed by atoms with van der Waals surface area (Å²) < 4.78 is 11.0. The first kappa shape index (κ1) is 52.2. The van der Waals surface area contributed by atoms with E-state index in [0.717, 1.165) is 11.1 Å². The van der Waals surface area contributed by atoms with Crippen LogP contribution in [0.2, 0.25) is 20.1 Å². The lowest BCUT2D eigenvalue weighted by Crippen LogP contribution is -2.13. The van der Waals surface area contributed by atoms with Gasteiger partial charge in [-0.3, -0.25) is 9.59 Å². The number of phenols is 2. The molecule has 9 rings (SSSR count). The smallest absolute Gasteiger partial charge is 0.343 e. The number of azo groups is 2. The van der Waals surface area contributed by atoms with Gasteiger partial charge in [0.15, 0.2) is 11.5 Å². The molecule has 0 atom stereocenters. The Balaban J connectivity index is 0.922. The van der Waals surface area contributed by atoms with E-state index in [2.05, 4.69) is 31.1 Å². The molecule has 0 aliphatic rings. The summed E-state index contributed by atoms with van der Waals surface area (Å²) in [5, 5.41) is 49.9. The molecule has 9 aromatic rings. The molecule has 0 radical (unpaired) electrons. The lowest BCUT2D eigenvalue weighted by Gasteiger charge is -2.13. The molecule has 0 saturated heterocycles. The molecular weight excluding hydrogens is 1050 g/mol. The lowest BCUT2D eigenvalue weighted by atomic mass is 10.0. The van der Waals surface area contributed by atoms with Crippen molar-refractivity contribution in [3.63, 3.8) is 0 Å². The first-order valence-electron chi connectivity index (χ1n) is 23.3. The minimum Gasteiger partial charge on any atom is -0.505 e. The van der Waals surface area contributed by atoms with Crippen LogP contribution in [-0.4, -0.2) is 34.0 Å². The van der Waals surface area contributed by atoms with E-state index < -0.39 is 35.3 Å². The number of carbonyl (C=O) groups is 4. The van der Waals surface area contributed by atoms with Gasteiger partial charge >= 0.3 is 11.9 Å². The fraction of sp³-hybridized carbons (Fsp3) is 0.0690. The summed E-state index contributed by atoms with van der Waals surface area (Å²) in [5.41, 5.74) is 3.04. The highest BCUT2D eigenvalue weighted by atomic mass is 35.5. The maximum atomic E-state index is 13.9. The molecule has 9 aromatic carbocycles. The minimum absolute atomic E-state index is 0.0211. The largest absolute Gasteiger partial charge is 0.505 e. The van der Waals surface area contributed by atoms with Gasteiger partial charge in [-0.2, -0.15) is 10.2 Å². The lowest BCUT2D eigenvalue weighted by molar-refractivity contribution is 0.0725. The number of aromatic hydroxyl groups is 2. The molecule has 0 saturated carbocycles. The highest BCUT2D eigenvalue weighted by molar-refractivity contribution is 6.42. The van der Waals surface area contributed by atoms with Gasteiger partial charge in [0, 0.05) is 34.3 Å². The maximum Gasteiger partial charge on any atom is 0.343 e. The zero-order valence-corrected chi connectivity index (χ0v) is 43.1. The molecule has 0 bridgehead atoms. The Morgan fingerprint density at radius 3 is 1.24 bits per heavy atom. The monoisotopic (exact) mass is 1090 g/mol. The molecule has 18 heteroatoms. The summed E-state index contributed by atoms with van der Waals surface area (Å²) >= 11 is 24.3. The van der Waals surface area contributed by atoms with E-state index in [4.69, 9.17) is 55.9 Å². The molecule has 76 heavy (non-hydrogen) atoms. The SMILES string of the molecule is CCc1ccc(C(=O)Oc2ccc(Cl)c(Cl)c2)cc1N=Nc1c(O)c(C(=O)Nc2ccc(NC(=O)c3cc4ccccc4c(N=Nc4cc(C(=O)Oc5ccc(Cl)c(Cl)c5)ccc4CC)c3O)cc2)cc2ccccc12. The van der Waals surface area contributed by atoms with E-state index in [1.165, 1.54) is 60.7 Å². The van der Waals surface area contributed by atoms with Crippen molar-refractivity contribution in [3.05, 3.63) is 211 Å². The molecule has 0 spiro atoms. The van der Waals surface area contributed by atoms with Gasteiger partial charge in [-0.1, -0.05) is 121 Å². The summed E-state index contributed by atoms with van der Waals surface area (Å²) in [6, 6.07) is 42.0. The summed E-state index contributed by atoms with van der Waals surface area (Å²) in [4.78, 5) is 54.1. The first-order valence-corrected chi connectivity index (χ1v) is 24.8. The number of ether oxygens (including phenoxy) is 2. The maximum absolute atomic E-state index is 13.9. The number of hydrogen-bond donors (Lipinski definition) is 4. The molecule has 378 valence electrons. The number of phenolic OH excluding ortho intramolecular Hbond substituents is 2. The van der Waals surface area contributed by atoms with Gasteiger partial charge in [-0.05, 0) is 120 Å². The fourth-order valence-electron chi connectivity index (χ4n) is 8.00. The van der Waals surface area contributed by atoms with Gasteiger partial charge in [0.25, 0.3) is 11.8 Å². The highest BCUT2D eigenvalue weighted by Gasteiger charge is 2.22. The second-order valence-electron chi connectivity index (χ2n) is 16.9. The Bertz CT molecular complexity index is 3620. The van der Waals surface area contributed by atoms with Crippen LogP contribution in [0.3, 0.4) is 0 Å². The van der Waals surface area contributed by atoms with Crippen LogP contribution in [0, 0.1) is 0 Å². The number of amides is 2. The first-order chi connectivity index (χ1) is 36.7. The third kappa shape index (κ3) is 11.5. The standard InChI is InChI=1S/C58H40Cl4N6O8/c1-3-31-13-15-35(57(73)75-39-21-23-45(59)47(61)29-39)27-49(31)65-67-51-41-11-7-5-9-33(41)25-43(53(51)69)55(71)63-37-17-19-38(20-18-37)64-56(72)44-26-34-10-6-8-12-42(34)52(54(44)70)68-66-50-28-36(16-14-32(50)4-2)58(74)76-40-22-24-46(60)48(62)30-40/h5-30,69-70H,3-4H2,1-2H3,(H,63,71)(H,64,72). The fourth-order valence-corrected chi connectivity index (χ4v) is 8.58. The molecule has 0 unspecified atom stereocenters. The quantitative estimate of drug-likeness (QED) is 0.0468. The third-order valence-electron chi connectivity index (χ3n) is 12.0. The predicted molar refractivity (Wildman–Crippen MR) is 296 cm³/mol. The van der Waals surface area contributed by atoms with E-state index in [9.17, 15) is 29.4 Å². The van der Waals surface area contributed by atoms with Crippen LogP contribution in [0.5, 0.6) is 23.0 Å². The van der Waals surface area contributed by atoms with E-state index >= 15 is 0 Å². The van der Waals surface area contributed by atoms with Crippen LogP contribution in [0.1, 0.15) is 66.4 Å². The van der Waals surface area contributed by atoms with Gasteiger partial charge in [-0.15, -0.1) is 10.2 Å². The van der Waals surface area contributed by atoms with Crippen LogP contribution in [-0.2, 0) is 12.8 Å². The second-order valence-corrected chi connectivity index (χ2v) is 18.5. The predicted octanol–water partition coefficient (Wildman–Crippen LogP) is 16.9. The van der Waals surface area contributed by atoms with Crippen molar-refractivity contribution in [2.24, 2.45) is 20.5 Å². The molecule has 0 aliphatic heterocycles. The van der Waals surface area contributed by atoms with Gasteiger partial charge < -0.3 is 30.3 Å². The van der Waals surface area contributed by atoms with Crippen molar-refractivity contribution in [2.45, 2.75) is 26.7 Å². The highest BCUT2D eigenvalue weighted by Crippen LogP contribution is 2.42. The molecule has 0 fully saturated rings. The molecular formula is C58H40Cl4N6O8. The number of aryl methyl sites for hydroxylation is 2.